The smallest absolute Gasteiger partial charge is 0.269 e. The average molecular weight is 379 g/mol. The Bertz CT molecular complexity index is 785. The number of fused-ring (bicyclic) bond motifs is 1. The molecule has 8 heteroatoms. The van der Waals surface area contributed by atoms with Gasteiger partial charge < -0.3 is 10.2 Å². The van der Waals surface area contributed by atoms with Crippen molar-refractivity contribution in [2.45, 2.75) is 31.1 Å². The van der Waals surface area contributed by atoms with E-state index in [9.17, 15) is 18.0 Å². The molecule has 1 N–H and O–H groups in total. The van der Waals surface area contributed by atoms with Gasteiger partial charge in [-0.1, -0.05) is 19.1 Å². The largest absolute Gasteiger partial charge is 0.354 e. The van der Waals surface area contributed by atoms with Crippen LogP contribution in [-0.2, 0) is 14.8 Å². The second-order valence-corrected chi connectivity index (χ2v) is 8.87. The van der Waals surface area contributed by atoms with Gasteiger partial charge in [-0.2, -0.15) is 0 Å². The molecule has 0 unspecified atom stereocenters. The number of amides is 2. The van der Waals surface area contributed by atoms with Crippen LogP contribution in [0.15, 0.2) is 29.2 Å². The first-order valence-corrected chi connectivity index (χ1v) is 10.5. The fraction of sp³-hybridized carbons (Fsp3) is 0.556. The molecule has 3 rings (SSSR count). The minimum absolute atomic E-state index is 0.0304. The number of benzene rings is 1. The summed E-state index contributed by atoms with van der Waals surface area (Å²) < 4.78 is 25.5. The van der Waals surface area contributed by atoms with Gasteiger partial charge in [-0.3, -0.25) is 9.59 Å². The SMILES string of the molecule is CC1CCN(CCCNC(=O)CN2C(=O)c3ccccc3S2(=O)=O)CC1. The maximum Gasteiger partial charge on any atom is 0.269 e. The van der Waals surface area contributed by atoms with Gasteiger partial charge in [0.05, 0.1) is 5.56 Å². The zero-order chi connectivity index (χ0) is 18.7. The fourth-order valence-corrected chi connectivity index (χ4v) is 4.91. The lowest BCUT2D eigenvalue weighted by atomic mass is 9.99. The molecule has 2 amide bonds. The number of likely N-dealkylation sites (tertiary alicyclic amines) is 1. The van der Waals surface area contributed by atoms with Gasteiger partial charge in [-0.25, -0.2) is 12.7 Å². The lowest BCUT2D eigenvalue weighted by Gasteiger charge is -2.30. The van der Waals surface area contributed by atoms with E-state index in [1.807, 2.05) is 0 Å². The molecule has 0 atom stereocenters. The van der Waals surface area contributed by atoms with E-state index in [0.717, 1.165) is 32.0 Å². The Balaban J connectivity index is 1.46. The van der Waals surface area contributed by atoms with Crippen LogP contribution in [0.1, 0.15) is 36.5 Å². The van der Waals surface area contributed by atoms with Crippen LogP contribution < -0.4 is 5.32 Å². The highest BCUT2D eigenvalue weighted by Gasteiger charge is 2.41. The third-order valence-corrected chi connectivity index (χ3v) is 6.84. The zero-order valence-corrected chi connectivity index (χ0v) is 15.8. The van der Waals surface area contributed by atoms with Crippen LogP contribution in [0.4, 0.5) is 0 Å². The average Bonchev–Trinajstić information content (AvgIpc) is 2.81. The van der Waals surface area contributed by atoms with Gasteiger partial charge >= 0.3 is 0 Å². The molecule has 0 radical (unpaired) electrons. The topological polar surface area (TPSA) is 86.8 Å². The van der Waals surface area contributed by atoms with Crippen molar-refractivity contribution >= 4 is 21.8 Å². The molecule has 1 saturated heterocycles. The molecule has 0 aromatic heterocycles. The van der Waals surface area contributed by atoms with Gasteiger partial charge in [-0.15, -0.1) is 0 Å². The van der Waals surface area contributed by atoms with Crippen molar-refractivity contribution < 1.29 is 18.0 Å². The van der Waals surface area contributed by atoms with Crippen LogP contribution in [0.2, 0.25) is 0 Å². The summed E-state index contributed by atoms with van der Waals surface area (Å²) in [5.41, 5.74) is 0.125. The van der Waals surface area contributed by atoms with Crippen LogP contribution in [0.3, 0.4) is 0 Å². The maximum atomic E-state index is 12.4. The van der Waals surface area contributed by atoms with E-state index >= 15 is 0 Å². The van der Waals surface area contributed by atoms with Crippen molar-refractivity contribution in [3.8, 4) is 0 Å². The summed E-state index contributed by atoms with van der Waals surface area (Å²) in [5.74, 6) is -0.310. The van der Waals surface area contributed by atoms with E-state index in [-0.39, 0.29) is 10.5 Å². The normalized spacial score (nSPS) is 20.2. The lowest BCUT2D eigenvalue weighted by molar-refractivity contribution is -0.121. The number of piperidine rings is 1. The highest BCUT2D eigenvalue weighted by Crippen LogP contribution is 2.29. The van der Waals surface area contributed by atoms with Crippen LogP contribution in [0.25, 0.3) is 0 Å². The maximum absolute atomic E-state index is 12.4. The summed E-state index contributed by atoms with van der Waals surface area (Å²) in [6, 6.07) is 6.03. The third-order valence-electron chi connectivity index (χ3n) is 5.05. The van der Waals surface area contributed by atoms with Crippen molar-refractivity contribution in [3.05, 3.63) is 29.8 Å². The summed E-state index contributed by atoms with van der Waals surface area (Å²) in [6.45, 7) is 5.36. The van der Waals surface area contributed by atoms with Crippen molar-refractivity contribution in [2.24, 2.45) is 5.92 Å². The van der Waals surface area contributed by atoms with Crippen LogP contribution in [0.5, 0.6) is 0 Å². The number of hydrogen-bond donors (Lipinski definition) is 1. The zero-order valence-electron chi connectivity index (χ0n) is 15.0. The Morgan fingerprint density at radius 3 is 2.62 bits per heavy atom. The molecule has 1 aromatic rings. The second kappa shape index (κ2) is 7.75. The molecular weight excluding hydrogens is 354 g/mol. The molecule has 1 fully saturated rings. The highest BCUT2D eigenvalue weighted by atomic mass is 32.2. The van der Waals surface area contributed by atoms with Crippen LogP contribution in [0, 0.1) is 5.92 Å². The number of nitrogens with zero attached hydrogens (tertiary/aromatic N) is 2. The molecule has 2 heterocycles. The molecule has 142 valence electrons. The Hall–Kier alpha value is -1.93. The highest BCUT2D eigenvalue weighted by molar-refractivity contribution is 7.90. The molecule has 0 bridgehead atoms. The van der Waals surface area contributed by atoms with Gasteiger partial charge in [0.1, 0.15) is 11.4 Å². The van der Waals surface area contributed by atoms with Gasteiger partial charge in [0.2, 0.25) is 5.91 Å². The van der Waals surface area contributed by atoms with Crippen molar-refractivity contribution in [1.82, 2.24) is 14.5 Å². The van der Waals surface area contributed by atoms with Gasteiger partial charge in [-0.05, 0) is 56.9 Å². The number of nitrogens with one attached hydrogen (secondary N) is 1. The fourth-order valence-electron chi connectivity index (χ4n) is 3.39. The first-order chi connectivity index (χ1) is 12.4. The Morgan fingerprint density at radius 1 is 1.23 bits per heavy atom. The van der Waals surface area contributed by atoms with Crippen molar-refractivity contribution in [3.63, 3.8) is 0 Å². The van der Waals surface area contributed by atoms with Gasteiger partial charge in [0, 0.05) is 6.54 Å². The number of carbonyl (C=O) groups is 2. The standard InChI is InChI=1S/C18H25N3O4S/c1-14-7-11-20(12-8-14)10-4-9-19-17(22)13-21-18(23)15-5-2-3-6-16(15)26(21,24)25/h2-3,5-6,14H,4,7-13H2,1H3,(H,19,22). The number of sulfonamides is 1. The number of hydrogen-bond acceptors (Lipinski definition) is 5. The Labute approximate surface area is 154 Å². The minimum atomic E-state index is -3.93. The summed E-state index contributed by atoms with van der Waals surface area (Å²) >= 11 is 0. The summed E-state index contributed by atoms with van der Waals surface area (Å²) in [6.07, 6.45) is 3.23. The summed E-state index contributed by atoms with van der Waals surface area (Å²) in [7, 11) is -3.93. The number of rotatable bonds is 6. The van der Waals surface area contributed by atoms with E-state index in [1.54, 1.807) is 12.1 Å². The predicted octanol–water partition coefficient (Wildman–Crippen LogP) is 1.07. The Morgan fingerprint density at radius 2 is 1.92 bits per heavy atom. The van der Waals surface area contributed by atoms with E-state index < -0.39 is 28.4 Å². The van der Waals surface area contributed by atoms with E-state index in [1.165, 1.54) is 25.0 Å². The Kier molecular flexibility index (Phi) is 5.62. The lowest BCUT2D eigenvalue weighted by Crippen LogP contribution is -2.41. The molecule has 2 aliphatic rings. The molecule has 2 aliphatic heterocycles. The molecule has 1 aromatic carbocycles. The van der Waals surface area contributed by atoms with Gasteiger partial charge in [0.25, 0.3) is 15.9 Å². The predicted molar refractivity (Wildman–Crippen MR) is 97.1 cm³/mol. The van der Waals surface area contributed by atoms with Crippen molar-refractivity contribution in [2.75, 3.05) is 32.7 Å². The quantitative estimate of drug-likeness (QED) is 0.747. The van der Waals surface area contributed by atoms with Crippen molar-refractivity contribution in [1.29, 1.82) is 0 Å². The minimum Gasteiger partial charge on any atom is -0.354 e. The first-order valence-electron chi connectivity index (χ1n) is 9.05. The van der Waals surface area contributed by atoms with E-state index in [0.29, 0.717) is 10.8 Å². The molecule has 0 spiro atoms. The summed E-state index contributed by atoms with van der Waals surface area (Å²) in [4.78, 5) is 26.7. The molecule has 7 nitrogen and oxygen atoms in total. The molecule has 0 saturated carbocycles. The van der Waals surface area contributed by atoms with E-state index in [4.69, 9.17) is 0 Å². The first kappa shape index (κ1) is 18.8. The summed E-state index contributed by atoms with van der Waals surface area (Å²) in [5, 5.41) is 2.72. The van der Waals surface area contributed by atoms with Gasteiger partial charge in [0.15, 0.2) is 0 Å². The molecule has 0 aliphatic carbocycles. The monoisotopic (exact) mass is 379 g/mol. The van der Waals surface area contributed by atoms with E-state index in [2.05, 4.69) is 17.1 Å². The number of carbonyl (C=O) groups excluding carboxylic acids is 2. The van der Waals surface area contributed by atoms with Crippen LogP contribution >= 0.6 is 0 Å². The molecule has 26 heavy (non-hydrogen) atoms. The van der Waals surface area contributed by atoms with Crippen LogP contribution in [-0.4, -0.2) is 62.2 Å². The second-order valence-electron chi connectivity index (χ2n) is 7.04. The third kappa shape index (κ3) is 3.91. The molecular formula is C18H25N3O4S.